The number of carbonyl (C=O) groups is 1. The average molecular weight is 342 g/mol. The first kappa shape index (κ1) is 17.6. The molecule has 25 heavy (non-hydrogen) atoms. The number of nitrogens with one attached hydrogen (secondary N) is 2. The Morgan fingerprint density at radius 1 is 1.28 bits per heavy atom. The van der Waals surface area contributed by atoms with Gasteiger partial charge >= 0.3 is 0 Å². The number of H-pyrrole nitrogens is 1. The van der Waals surface area contributed by atoms with Gasteiger partial charge in [0.05, 0.1) is 6.33 Å². The number of aromatic amines is 1. The summed E-state index contributed by atoms with van der Waals surface area (Å²) >= 11 is 0. The van der Waals surface area contributed by atoms with Crippen molar-refractivity contribution in [3.63, 3.8) is 0 Å². The van der Waals surface area contributed by atoms with Crippen LogP contribution in [0, 0.1) is 0 Å². The van der Waals surface area contributed by atoms with Gasteiger partial charge < -0.3 is 20.3 Å². The molecule has 1 saturated heterocycles. The van der Waals surface area contributed by atoms with Crippen LogP contribution in [0.15, 0.2) is 42.9 Å². The van der Waals surface area contributed by atoms with Gasteiger partial charge in [0.2, 0.25) is 0 Å². The molecule has 1 aromatic heterocycles. The van der Waals surface area contributed by atoms with E-state index in [-0.39, 0.29) is 5.91 Å². The minimum atomic E-state index is -1.29. The lowest BCUT2D eigenvalue weighted by molar-refractivity contribution is -0.156. The molecule has 3 N–H and O–H groups in total. The molecule has 1 amide bonds. The molecule has 1 aliphatic rings. The van der Waals surface area contributed by atoms with Gasteiger partial charge in [-0.05, 0) is 24.8 Å². The lowest BCUT2D eigenvalue weighted by atomic mass is 9.91. The monoisotopic (exact) mass is 342 g/mol. The first-order valence-electron chi connectivity index (χ1n) is 8.91. The lowest BCUT2D eigenvalue weighted by Gasteiger charge is -2.38. The molecule has 0 spiro atoms. The number of benzene rings is 1. The predicted octanol–water partition coefficient (Wildman–Crippen LogP) is 1.14. The van der Waals surface area contributed by atoms with Crippen molar-refractivity contribution >= 4 is 5.91 Å². The molecule has 1 atom stereocenters. The predicted molar refractivity (Wildman–Crippen MR) is 96.1 cm³/mol. The summed E-state index contributed by atoms with van der Waals surface area (Å²) in [6.45, 7) is 2.37. The minimum absolute atomic E-state index is 0.149. The third-order valence-electron chi connectivity index (χ3n) is 4.76. The van der Waals surface area contributed by atoms with Crippen LogP contribution in [0.2, 0.25) is 0 Å². The van der Waals surface area contributed by atoms with E-state index >= 15 is 0 Å². The largest absolute Gasteiger partial charge is 0.379 e. The molecule has 1 aromatic carbocycles. The van der Waals surface area contributed by atoms with Gasteiger partial charge in [-0.25, -0.2) is 4.98 Å². The Morgan fingerprint density at radius 3 is 2.88 bits per heavy atom. The number of imidazole rings is 1. The van der Waals surface area contributed by atoms with Gasteiger partial charge in [-0.1, -0.05) is 30.3 Å². The van der Waals surface area contributed by atoms with Crippen molar-refractivity contribution in [3.8, 4) is 0 Å². The molecule has 1 aliphatic heterocycles. The highest BCUT2D eigenvalue weighted by Gasteiger charge is 2.41. The van der Waals surface area contributed by atoms with E-state index in [0.717, 1.165) is 31.5 Å². The molecule has 3 rings (SSSR count). The van der Waals surface area contributed by atoms with Gasteiger partial charge in [-0.15, -0.1) is 0 Å². The smallest absolute Gasteiger partial charge is 0.255 e. The summed E-state index contributed by atoms with van der Waals surface area (Å²) in [6, 6.07) is 10.1. The van der Waals surface area contributed by atoms with Gasteiger partial charge in [0, 0.05) is 44.5 Å². The van der Waals surface area contributed by atoms with E-state index in [1.807, 2.05) is 18.2 Å². The molecule has 134 valence electrons. The van der Waals surface area contributed by atoms with Gasteiger partial charge in [0.1, 0.15) is 0 Å². The average Bonchev–Trinajstić information content (AvgIpc) is 3.15. The molecule has 0 radical (unpaired) electrons. The zero-order valence-corrected chi connectivity index (χ0v) is 14.4. The number of rotatable bonds is 8. The van der Waals surface area contributed by atoms with Crippen LogP contribution in [0.1, 0.15) is 24.1 Å². The fraction of sp³-hybridized carbons (Fsp3) is 0.474. The fourth-order valence-corrected chi connectivity index (χ4v) is 3.29. The Morgan fingerprint density at radius 2 is 2.12 bits per heavy atom. The van der Waals surface area contributed by atoms with Crippen LogP contribution in [0.5, 0.6) is 0 Å². The highest BCUT2D eigenvalue weighted by molar-refractivity contribution is 5.86. The van der Waals surface area contributed by atoms with Gasteiger partial charge in [0.15, 0.2) is 5.60 Å². The number of piperidine rings is 1. The summed E-state index contributed by atoms with van der Waals surface area (Å²) in [5, 5.41) is 14.0. The highest BCUT2D eigenvalue weighted by atomic mass is 16.3. The van der Waals surface area contributed by atoms with E-state index in [1.54, 1.807) is 17.4 Å². The third kappa shape index (κ3) is 4.67. The normalized spacial score (nSPS) is 20.8. The summed E-state index contributed by atoms with van der Waals surface area (Å²) in [5.74, 6) is -0.149. The number of carbonyl (C=O) groups excluding carboxylic acids is 1. The maximum absolute atomic E-state index is 12.7. The summed E-state index contributed by atoms with van der Waals surface area (Å²) in [6.07, 6.45) is 6.40. The molecule has 2 aromatic rings. The van der Waals surface area contributed by atoms with Crippen molar-refractivity contribution in [1.29, 1.82) is 0 Å². The minimum Gasteiger partial charge on any atom is -0.379 e. The molecule has 6 heteroatoms. The summed E-state index contributed by atoms with van der Waals surface area (Å²) in [7, 11) is 0. The first-order chi connectivity index (χ1) is 12.2. The topological polar surface area (TPSA) is 81.2 Å². The SMILES string of the molecule is O=C1N(CCc2ccccc2)CCC[C@@]1(O)CNCCc1cnc[nH]1. The van der Waals surface area contributed by atoms with E-state index in [9.17, 15) is 9.90 Å². The molecule has 6 nitrogen and oxygen atoms in total. The number of nitrogens with zero attached hydrogens (tertiary/aromatic N) is 2. The fourth-order valence-electron chi connectivity index (χ4n) is 3.29. The Kier molecular flexibility index (Phi) is 5.83. The quantitative estimate of drug-likeness (QED) is 0.629. The number of hydrogen-bond acceptors (Lipinski definition) is 4. The number of likely N-dealkylation sites (tertiary alicyclic amines) is 1. The molecule has 0 bridgehead atoms. The Labute approximate surface area is 148 Å². The summed E-state index contributed by atoms with van der Waals surface area (Å²) < 4.78 is 0. The van der Waals surface area contributed by atoms with E-state index < -0.39 is 5.60 Å². The number of aromatic nitrogens is 2. The second-order valence-electron chi connectivity index (χ2n) is 6.67. The van der Waals surface area contributed by atoms with Crippen molar-refractivity contribution < 1.29 is 9.90 Å². The molecule has 0 aliphatic carbocycles. The van der Waals surface area contributed by atoms with Crippen molar-refractivity contribution in [2.75, 3.05) is 26.2 Å². The van der Waals surface area contributed by atoms with E-state index in [1.165, 1.54) is 5.56 Å². The van der Waals surface area contributed by atoms with Gasteiger partial charge in [-0.2, -0.15) is 0 Å². The van der Waals surface area contributed by atoms with Crippen molar-refractivity contribution in [2.24, 2.45) is 0 Å². The van der Waals surface area contributed by atoms with Crippen LogP contribution in [0.25, 0.3) is 0 Å². The van der Waals surface area contributed by atoms with E-state index in [0.29, 0.717) is 26.1 Å². The van der Waals surface area contributed by atoms with Crippen LogP contribution >= 0.6 is 0 Å². The van der Waals surface area contributed by atoms with Crippen molar-refractivity contribution in [3.05, 3.63) is 54.1 Å². The maximum Gasteiger partial charge on any atom is 0.255 e. The third-order valence-corrected chi connectivity index (χ3v) is 4.76. The van der Waals surface area contributed by atoms with E-state index in [2.05, 4.69) is 27.4 Å². The summed E-state index contributed by atoms with van der Waals surface area (Å²) in [4.78, 5) is 21.5. The van der Waals surface area contributed by atoms with Crippen LogP contribution in [-0.4, -0.2) is 57.7 Å². The molecule has 0 saturated carbocycles. The number of aliphatic hydroxyl groups is 1. The van der Waals surface area contributed by atoms with Gasteiger partial charge in [0.25, 0.3) is 5.91 Å². The first-order valence-corrected chi connectivity index (χ1v) is 8.91. The Bertz CT molecular complexity index is 659. The van der Waals surface area contributed by atoms with E-state index in [4.69, 9.17) is 0 Å². The number of amides is 1. The maximum atomic E-state index is 12.7. The standard InChI is InChI=1S/C19H26N4O2/c24-18-19(25,14-20-10-7-17-13-21-15-22-17)9-4-11-23(18)12-8-16-5-2-1-3-6-16/h1-3,5-6,13,15,20,25H,4,7-12,14H2,(H,21,22)/t19-/m1/s1. The second kappa shape index (κ2) is 8.27. The molecular weight excluding hydrogens is 316 g/mol. The molecular formula is C19H26N4O2. The Hall–Kier alpha value is -2.18. The van der Waals surface area contributed by atoms with Crippen LogP contribution in [0.3, 0.4) is 0 Å². The van der Waals surface area contributed by atoms with Crippen molar-refractivity contribution in [1.82, 2.24) is 20.2 Å². The van der Waals surface area contributed by atoms with Crippen molar-refractivity contribution in [2.45, 2.75) is 31.3 Å². The molecule has 0 unspecified atom stereocenters. The molecule has 1 fully saturated rings. The van der Waals surface area contributed by atoms with Crippen LogP contribution in [-0.2, 0) is 17.6 Å². The van der Waals surface area contributed by atoms with Crippen LogP contribution < -0.4 is 5.32 Å². The van der Waals surface area contributed by atoms with Crippen LogP contribution in [0.4, 0.5) is 0 Å². The zero-order valence-electron chi connectivity index (χ0n) is 14.4. The summed E-state index contributed by atoms with van der Waals surface area (Å²) in [5.41, 5.74) is 0.962. The zero-order chi connectivity index (χ0) is 17.5. The Balaban J connectivity index is 1.47. The number of hydrogen-bond donors (Lipinski definition) is 3. The van der Waals surface area contributed by atoms with Gasteiger partial charge in [-0.3, -0.25) is 4.79 Å². The lowest BCUT2D eigenvalue weighted by Crippen LogP contribution is -2.58. The highest BCUT2D eigenvalue weighted by Crippen LogP contribution is 2.22. The molecule has 2 heterocycles. The second-order valence-corrected chi connectivity index (χ2v) is 6.67.